The minimum atomic E-state index is -0.103. The van der Waals surface area contributed by atoms with Crippen LogP contribution in [0.2, 0.25) is 0 Å². The highest BCUT2D eigenvalue weighted by atomic mass is 32.1. The van der Waals surface area contributed by atoms with Crippen molar-refractivity contribution in [3.05, 3.63) is 58.5 Å². The lowest BCUT2D eigenvalue weighted by molar-refractivity contribution is 0.735. The molecule has 0 spiro atoms. The lowest BCUT2D eigenvalue weighted by Crippen LogP contribution is -2.20. The number of nitrogens with two attached hydrogens (primary N) is 1. The number of hydrogen-bond donors (Lipinski definition) is 1. The van der Waals surface area contributed by atoms with Crippen molar-refractivity contribution in [1.29, 1.82) is 0 Å². The van der Waals surface area contributed by atoms with E-state index in [0.29, 0.717) is 12.2 Å². The summed E-state index contributed by atoms with van der Waals surface area (Å²) < 4.78 is 1.50. The molecule has 2 N–H and O–H groups in total. The van der Waals surface area contributed by atoms with Gasteiger partial charge in [0, 0.05) is 18.5 Å². The Labute approximate surface area is 103 Å². The maximum Gasteiger partial charge on any atom is 0.253 e. The monoisotopic (exact) mass is 246 g/mol. The molecule has 0 radical (unpaired) electrons. The van der Waals surface area contributed by atoms with Crippen molar-refractivity contribution in [3.63, 3.8) is 0 Å². The minimum Gasteiger partial charge on any atom is -0.388 e. The summed E-state index contributed by atoms with van der Waals surface area (Å²) in [6.07, 6.45) is 4.57. The fourth-order valence-corrected chi connectivity index (χ4v) is 1.51. The van der Waals surface area contributed by atoms with Gasteiger partial charge in [0.25, 0.3) is 5.56 Å². The van der Waals surface area contributed by atoms with Crippen LogP contribution in [0.5, 0.6) is 0 Å². The van der Waals surface area contributed by atoms with Crippen LogP contribution in [-0.2, 0) is 6.54 Å². The van der Waals surface area contributed by atoms with E-state index in [1.165, 1.54) is 23.2 Å². The van der Waals surface area contributed by atoms with Gasteiger partial charge in [-0.05, 0) is 17.7 Å². The van der Waals surface area contributed by atoms with Crippen LogP contribution >= 0.6 is 12.2 Å². The molecule has 0 aromatic carbocycles. The quantitative estimate of drug-likeness (QED) is 0.790. The minimum absolute atomic E-state index is 0.103. The Morgan fingerprint density at radius 2 is 2.24 bits per heavy atom. The van der Waals surface area contributed by atoms with E-state index in [-0.39, 0.29) is 10.5 Å². The number of thiocarbonyl (C=S) groups is 1. The van der Waals surface area contributed by atoms with Crippen molar-refractivity contribution in [1.82, 2.24) is 14.5 Å². The van der Waals surface area contributed by atoms with Crippen molar-refractivity contribution in [2.24, 2.45) is 5.73 Å². The maximum atomic E-state index is 11.5. The zero-order chi connectivity index (χ0) is 12.3. The molecule has 2 heterocycles. The largest absolute Gasteiger partial charge is 0.388 e. The van der Waals surface area contributed by atoms with E-state index >= 15 is 0 Å². The standard InChI is InChI=1S/C11H10N4OS/c12-11(17)9-5-8(1-4-14-9)6-15-7-13-3-2-10(15)16/h1-5,7H,6H2,(H2,12,17). The van der Waals surface area contributed by atoms with E-state index in [9.17, 15) is 4.79 Å². The average Bonchev–Trinajstić information content (AvgIpc) is 2.32. The molecule has 0 amide bonds. The van der Waals surface area contributed by atoms with E-state index in [1.807, 2.05) is 0 Å². The van der Waals surface area contributed by atoms with Crippen molar-refractivity contribution in [2.75, 3.05) is 0 Å². The second-order valence-electron chi connectivity index (χ2n) is 3.46. The molecule has 6 heteroatoms. The average molecular weight is 246 g/mol. The molecule has 2 aromatic heterocycles. The van der Waals surface area contributed by atoms with Gasteiger partial charge in [-0.25, -0.2) is 4.98 Å². The third-order valence-electron chi connectivity index (χ3n) is 2.22. The van der Waals surface area contributed by atoms with Gasteiger partial charge in [0.2, 0.25) is 0 Å². The number of pyridine rings is 1. The van der Waals surface area contributed by atoms with Crippen LogP contribution in [0.1, 0.15) is 11.3 Å². The highest BCUT2D eigenvalue weighted by Gasteiger charge is 2.01. The molecule has 0 saturated heterocycles. The zero-order valence-corrected chi connectivity index (χ0v) is 9.72. The summed E-state index contributed by atoms with van der Waals surface area (Å²) in [5.41, 5.74) is 6.84. The third-order valence-corrected chi connectivity index (χ3v) is 2.43. The van der Waals surface area contributed by atoms with Gasteiger partial charge in [-0.15, -0.1) is 0 Å². The van der Waals surface area contributed by atoms with Crippen molar-refractivity contribution < 1.29 is 0 Å². The SMILES string of the molecule is NC(=S)c1cc(Cn2cnccc2=O)ccn1. The van der Waals surface area contributed by atoms with Gasteiger partial charge in [-0.2, -0.15) is 0 Å². The molecule has 0 atom stereocenters. The molecular formula is C11H10N4OS. The molecule has 0 saturated carbocycles. The number of hydrogen-bond acceptors (Lipinski definition) is 4. The van der Waals surface area contributed by atoms with Gasteiger partial charge in [0.05, 0.1) is 18.6 Å². The van der Waals surface area contributed by atoms with Crippen molar-refractivity contribution in [3.8, 4) is 0 Å². The summed E-state index contributed by atoms with van der Waals surface area (Å²) in [5.74, 6) is 0. The molecule has 0 fully saturated rings. The summed E-state index contributed by atoms with van der Waals surface area (Å²) in [7, 11) is 0. The summed E-state index contributed by atoms with van der Waals surface area (Å²) in [4.78, 5) is 19.7. The first-order valence-corrected chi connectivity index (χ1v) is 5.33. The number of nitrogens with zero attached hydrogens (tertiary/aromatic N) is 3. The van der Waals surface area contributed by atoms with Crippen LogP contribution in [0.25, 0.3) is 0 Å². The fourth-order valence-electron chi connectivity index (χ4n) is 1.40. The predicted octanol–water partition coefficient (Wildman–Crippen LogP) is 0.321. The molecule has 17 heavy (non-hydrogen) atoms. The second-order valence-corrected chi connectivity index (χ2v) is 3.90. The van der Waals surface area contributed by atoms with E-state index in [2.05, 4.69) is 9.97 Å². The lowest BCUT2D eigenvalue weighted by Gasteiger charge is -2.05. The molecule has 0 unspecified atom stereocenters. The highest BCUT2D eigenvalue weighted by Crippen LogP contribution is 2.03. The molecule has 0 aliphatic carbocycles. The predicted molar refractivity (Wildman–Crippen MR) is 67.7 cm³/mol. The molecule has 0 aliphatic rings. The van der Waals surface area contributed by atoms with Crippen molar-refractivity contribution in [2.45, 2.75) is 6.54 Å². The van der Waals surface area contributed by atoms with E-state index in [1.54, 1.807) is 18.3 Å². The molecule has 0 aliphatic heterocycles. The van der Waals surface area contributed by atoms with Gasteiger partial charge in [-0.1, -0.05) is 12.2 Å². The summed E-state index contributed by atoms with van der Waals surface area (Å²) >= 11 is 4.85. The smallest absolute Gasteiger partial charge is 0.253 e. The van der Waals surface area contributed by atoms with Gasteiger partial charge < -0.3 is 5.73 Å². The fraction of sp³-hybridized carbons (Fsp3) is 0.0909. The topological polar surface area (TPSA) is 73.8 Å². The van der Waals surface area contributed by atoms with Crippen LogP contribution in [0.4, 0.5) is 0 Å². The molecule has 86 valence electrons. The first kappa shape index (κ1) is 11.4. The third kappa shape index (κ3) is 2.73. The van der Waals surface area contributed by atoms with Crippen LogP contribution in [0, 0.1) is 0 Å². The van der Waals surface area contributed by atoms with Crippen molar-refractivity contribution >= 4 is 17.2 Å². The van der Waals surface area contributed by atoms with Crippen LogP contribution in [0.3, 0.4) is 0 Å². The van der Waals surface area contributed by atoms with Crippen LogP contribution < -0.4 is 11.3 Å². The van der Waals surface area contributed by atoms with E-state index in [0.717, 1.165) is 5.56 Å². The maximum absolute atomic E-state index is 11.5. The Hall–Kier alpha value is -2.08. The van der Waals surface area contributed by atoms with Gasteiger partial charge in [0.15, 0.2) is 0 Å². The Kier molecular flexibility index (Phi) is 3.24. The van der Waals surface area contributed by atoms with Gasteiger partial charge in [0.1, 0.15) is 4.99 Å². The van der Waals surface area contributed by atoms with Crippen LogP contribution in [-0.4, -0.2) is 19.5 Å². The van der Waals surface area contributed by atoms with E-state index < -0.39 is 0 Å². The Morgan fingerprint density at radius 3 is 2.94 bits per heavy atom. The summed E-state index contributed by atoms with van der Waals surface area (Å²) in [6.45, 7) is 0.421. The van der Waals surface area contributed by atoms with Gasteiger partial charge in [-0.3, -0.25) is 14.3 Å². The number of rotatable bonds is 3. The first-order valence-electron chi connectivity index (χ1n) is 4.92. The molecule has 0 bridgehead atoms. The summed E-state index contributed by atoms with van der Waals surface area (Å²) in [5, 5.41) is 0. The molecule has 5 nitrogen and oxygen atoms in total. The molecule has 2 rings (SSSR count). The van der Waals surface area contributed by atoms with Gasteiger partial charge >= 0.3 is 0 Å². The Morgan fingerprint density at radius 1 is 1.41 bits per heavy atom. The normalized spacial score (nSPS) is 10.1. The lowest BCUT2D eigenvalue weighted by atomic mass is 10.2. The Bertz CT molecular complexity index is 608. The first-order chi connectivity index (χ1) is 8.16. The van der Waals surface area contributed by atoms with Crippen LogP contribution in [0.15, 0.2) is 41.7 Å². The highest BCUT2D eigenvalue weighted by molar-refractivity contribution is 7.80. The second kappa shape index (κ2) is 4.84. The van der Waals surface area contributed by atoms with E-state index in [4.69, 9.17) is 18.0 Å². The number of aromatic nitrogens is 3. The summed E-state index contributed by atoms with van der Waals surface area (Å²) in [6, 6.07) is 4.98. The zero-order valence-electron chi connectivity index (χ0n) is 8.91. The Balaban J connectivity index is 2.31. The molecular weight excluding hydrogens is 236 g/mol. The molecule has 2 aromatic rings.